The zero-order valence-corrected chi connectivity index (χ0v) is 8.78. The molecule has 1 atom stereocenters. The van der Waals surface area contributed by atoms with Crippen LogP contribution in [0.4, 0.5) is 0 Å². The van der Waals surface area contributed by atoms with Gasteiger partial charge in [-0.05, 0) is 26.7 Å². The van der Waals surface area contributed by atoms with Crippen LogP contribution in [0.1, 0.15) is 39.5 Å². The van der Waals surface area contributed by atoms with Crippen molar-refractivity contribution in [3.8, 4) is 0 Å². The van der Waals surface area contributed by atoms with Gasteiger partial charge in [-0.2, -0.15) is 0 Å². The van der Waals surface area contributed by atoms with Crippen molar-refractivity contribution in [3.63, 3.8) is 0 Å². The van der Waals surface area contributed by atoms with Crippen molar-refractivity contribution in [1.29, 1.82) is 0 Å². The topological polar surface area (TPSA) is 55.8 Å². The predicted octanol–water partition coefficient (Wildman–Crippen LogP) is 1.78. The fraction of sp³-hybridized carbons (Fsp3) is 0.900. The third-order valence-electron chi connectivity index (χ3n) is 2.23. The summed E-state index contributed by atoms with van der Waals surface area (Å²) in [6.45, 7) is 4.41. The van der Waals surface area contributed by atoms with Crippen molar-refractivity contribution in [2.24, 2.45) is 0 Å². The van der Waals surface area contributed by atoms with E-state index in [0.717, 1.165) is 19.3 Å². The Morgan fingerprint density at radius 3 is 2.71 bits per heavy atom. The summed E-state index contributed by atoms with van der Waals surface area (Å²) in [5.41, 5.74) is 0. The SMILES string of the molecule is CC1(C)OC[C@@H](CCCCC(=O)O)O1. The summed E-state index contributed by atoms with van der Waals surface area (Å²) in [5, 5.41) is 8.43. The number of hydrogen-bond donors (Lipinski definition) is 1. The predicted molar refractivity (Wildman–Crippen MR) is 51.0 cm³/mol. The van der Waals surface area contributed by atoms with Crippen LogP contribution in [0.2, 0.25) is 0 Å². The maximum absolute atomic E-state index is 10.2. The minimum Gasteiger partial charge on any atom is -0.481 e. The molecule has 1 aliphatic rings. The molecule has 1 N–H and O–H groups in total. The quantitative estimate of drug-likeness (QED) is 0.690. The van der Waals surface area contributed by atoms with E-state index in [0.29, 0.717) is 6.61 Å². The van der Waals surface area contributed by atoms with Crippen LogP contribution in [0.5, 0.6) is 0 Å². The first-order valence-corrected chi connectivity index (χ1v) is 5.03. The monoisotopic (exact) mass is 202 g/mol. The molecule has 4 nitrogen and oxygen atoms in total. The van der Waals surface area contributed by atoms with Gasteiger partial charge in [0.2, 0.25) is 0 Å². The van der Waals surface area contributed by atoms with E-state index in [4.69, 9.17) is 14.6 Å². The molecule has 0 radical (unpaired) electrons. The zero-order valence-electron chi connectivity index (χ0n) is 8.78. The van der Waals surface area contributed by atoms with E-state index in [9.17, 15) is 4.79 Å². The molecule has 0 unspecified atom stereocenters. The summed E-state index contributed by atoms with van der Waals surface area (Å²) < 4.78 is 11.0. The Labute approximate surface area is 84.2 Å². The lowest BCUT2D eigenvalue weighted by atomic mass is 10.1. The summed E-state index contributed by atoms with van der Waals surface area (Å²) in [4.78, 5) is 10.2. The van der Waals surface area contributed by atoms with Crippen LogP contribution in [0.15, 0.2) is 0 Å². The largest absolute Gasteiger partial charge is 0.481 e. The molecule has 4 heteroatoms. The highest BCUT2D eigenvalue weighted by Gasteiger charge is 2.31. The van der Waals surface area contributed by atoms with Crippen molar-refractivity contribution in [2.45, 2.75) is 51.4 Å². The minimum absolute atomic E-state index is 0.138. The number of aliphatic carboxylic acids is 1. The van der Waals surface area contributed by atoms with Gasteiger partial charge in [-0.3, -0.25) is 4.79 Å². The normalized spacial score (nSPS) is 25.1. The second-order valence-electron chi connectivity index (χ2n) is 4.09. The zero-order chi connectivity index (χ0) is 10.6. The summed E-state index contributed by atoms with van der Waals surface area (Å²) in [5.74, 6) is -1.19. The number of carboxylic acids is 1. The fourth-order valence-electron chi connectivity index (χ4n) is 1.55. The molecule has 0 spiro atoms. The van der Waals surface area contributed by atoms with Crippen LogP contribution in [0, 0.1) is 0 Å². The van der Waals surface area contributed by atoms with Gasteiger partial charge in [0.05, 0.1) is 12.7 Å². The maximum atomic E-state index is 10.2. The molecule has 1 saturated heterocycles. The number of carboxylic acid groups (broad SMARTS) is 1. The molecule has 0 amide bonds. The van der Waals surface area contributed by atoms with Gasteiger partial charge < -0.3 is 14.6 Å². The Hall–Kier alpha value is -0.610. The molecule has 0 aromatic rings. The molecule has 0 bridgehead atoms. The van der Waals surface area contributed by atoms with E-state index in [1.807, 2.05) is 13.8 Å². The fourth-order valence-corrected chi connectivity index (χ4v) is 1.55. The third-order valence-corrected chi connectivity index (χ3v) is 2.23. The van der Waals surface area contributed by atoms with Crippen molar-refractivity contribution in [3.05, 3.63) is 0 Å². The maximum Gasteiger partial charge on any atom is 0.303 e. The second-order valence-corrected chi connectivity index (χ2v) is 4.09. The van der Waals surface area contributed by atoms with Gasteiger partial charge in [0.15, 0.2) is 5.79 Å². The molecule has 0 aromatic carbocycles. The molecule has 1 rings (SSSR count). The van der Waals surface area contributed by atoms with Crippen LogP contribution in [-0.2, 0) is 14.3 Å². The van der Waals surface area contributed by atoms with Crippen LogP contribution in [0.3, 0.4) is 0 Å². The molecule has 1 fully saturated rings. The van der Waals surface area contributed by atoms with Crippen LogP contribution in [-0.4, -0.2) is 29.6 Å². The minimum atomic E-state index is -0.728. The number of hydrogen-bond acceptors (Lipinski definition) is 3. The molecule has 1 heterocycles. The molecule has 0 saturated carbocycles. The molecule has 14 heavy (non-hydrogen) atoms. The Bertz CT molecular complexity index is 200. The lowest BCUT2D eigenvalue weighted by Gasteiger charge is -2.16. The van der Waals surface area contributed by atoms with Gasteiger partial charge in [0.1, 0.15) is 0 Å². The summed E-state index contributed by atoms with van der Waals surface area (Å²) in [6, 6.07) is 0. The highest BCUT2D eigenvalue weighted by molar-refractivity contribution is 5.66. The first-order chi connectivity index (χ1) is 6.49. The van der Waals surface area contributed by atoms with Gasteiger partial charge >= 0.3 is 5.97 Å². The lowest BCUT2D eigenvalue weighted by Crippen LogP contribution is -2.21. The molecule has 0 aliphatic carbocycles. The van der Waals surface area contributed by atoms with Crippen molar-refractivity contribution < 1.29 is 19.4 Å². The number of ether oxygens (including phenoxy) is 2. The smallest absolute Gasteiger partial charge is 0.303 e. The molecule has 1 aliphatic heterocycles. The summed E-state index contributed by atoms with van der Waals surface area (Å²) >= 11 is 0. The van der Waals surface area contributed by atoms with Gasteiger partial charge in [0.25, 0.3) is 0 Å². The molecule has 82 valence electrons. The first-order valence-electron chi connectivity index (χ1n) is 5.03. The van der Waals surface area contributed by atoms with Gasteiger partial charge in [-0.15, -0.1) is 0 Å². The van der Waals surface area contributed by atoms with E-state index in [-0.39, 0.29) is 12.5 Å². The van der Waals surface area contributed by atoms with Crippen LogP contribution in [0.25, 0.3) is 0 Å². The van der Waals surface area contributed by atoms with Crippen molar-refractivity contribution in [1.82, 2.24) is 0 Å². The van der Waals surface area contributed by atoms with E-state index in [1.165, 1.54) is 0 Å². The third kappa shape index (κ3) is 4.07. The van der Waals surface area contributed by atoms with E-state index >= 15 is 0 Å². The highest BCUT2D eigenvalue weighted by atomic mass is 16.7. The van der Waals surface area contributed by atoms with Crippen LogP contribution >= 0.6 is 0 Å². The van der Waals surface area contributed by atoms with Crippen LogP contribution < -0.4 is 0 Å². The Kier molecular flexibility index (Phi) is 3.89. The molecule has 0 aromatic heterocycles. The summed E-state index contributed by atoms with van der Waals surface area (Å²) in [7, 11) is 0. The first kappa shape index (κ1) is 11.5. The Morgan fingerprint density at radius 2 is 2.21 bits per heavy atom. The van der Waals surface area contributed by atoms with E-state index < -0.39 is 11.8 Å². The van der Waals surface area contributed by atoms with E-state index in [2.05, 4.69) is 0 Å². The van der Waals surface area contributed by atoms with Gasteiger partial charge in [-0.1, -0.05) is 6.42 Å². The molecular formula is C10H18O4. The number of rotatable bonds is 5. The standard InChI is InChI=1S/C10H18O4/c1-10(2)13-7-8(14-10)5-3-4-6-9(11)12/h8H,3-7H2,1-2H3,(H,11,12)/t8-/m1/s1. The second kappa shape index (κ2) is 4.75. The average Bonchev–Trinajstić information content (AvgIpc) is 2.39. The van der Waals surface area contributed by atoms with Gasteiger partial charge in [-0.25, -0.2) is 0 Å². The number of unbranched alkanes of at least 4 members (excludes halogenated alkanes) is 1. The van der Waals surface area contributed by atoms with Crippen molar-refractivity contribution >= 4 is 5.97 Å². The Morgan fingerprint density at radius 1 is 1.50 bits per heavy atom. The average molecular weight is 202 g/mol. The van der Waals surface area contributed by atoms with Gasteiger partial charge in [0, 0.05) is 6.42 Å². The summed E-state index contributed by atoms with van der Waals surface area (Å²) in [6.07, 6.45) is 2.87. The Balaban J connectivity index is 2.06. The number of carbonyl (C=O) groups is 1. The lowest BCUT2D eigenvalue weighted by molar-refractivity contribution is -0.140. The molecular weight excluding hydrogens is 184 g/mol. The van der Waals surface area contributed by atoms with Crippen molar-refractivity contribution in [2.75, 3.05) is 6.61 Å². The van der Waals surface area contributed by atoms with E-state index in [1.54, 1.807) is 0 Å². The highest BCUT2D eigenvalue weighted by Crippen LogP contribution is 2.25.